The monoisotopic (exact) mass is 183 g/mol. The zero-order chi connectivity index (χ0) is 10.2. The Bertz CT molecular complexity index is 215. The SMILES string of the molecule is CC1CN(C(C)C(C)(C)C)N=C1N. The maximum atomic E-state index is 5.76. The van der Waals surface area contributed by atoms with E-state index in [2.05, 4.69) is 44.7 Å². The fourth-order valence-electron chi connectivity index (χ4n) is 1.35. The second-order valence-electron chi connectivity index (χ2n) is 5.09. The first-order valence-electron chi connectivity index (χ1n) is 4.93. The summed E-state index contributed by atoms with van der Waals surface area (Å²) >= 11 is 0. The summed E-state index contributed by atoms with van der Waals surface area (Å²) in [6.45, 7) is 12.0. The number of hydrogen-bond acceptors (Lipinski definition) is 3. The topological polar surface area (TPSA) is 41.6 Å². The first kappa shape index (κ1) is 10.4. The van der Waals surface area contributed by atoms with Gasteiger partial charge in [-0.15, -0.1) is 0 Å². The molecule has 0 saturated heterocycles. The molecule has 0 spiro atoms. The van der Waals surface area contributed by atoms with Gasteiger partial charge < -0.3 is 5.73 Å². The van der Waals surface area contributed by atoms with Gasteiger partial charge in [-0.2, -0.15) is 5.10 Å². The molecule has 0 aromatic carbocycles. The summed E-state index contributed by atoms with van der Waals surface area (Å²) in [5, 5.41) is 6.47. The average Bonchev–Trinajstić information content (AvgIpc) is 2.29. The van der Waals surface area contributed by atoms with Crippen LogP contribution < -0.4 is 5.73 Å². The molecule has 1 rings (SSSR count). The van der Waals surface area contributed by atoms with Gasteiger partial charge in [-0.3, -0.25) is 5.01 Å². The summed E-state index contributed by atoms with van der Waals surface area (Å²) in [7, 11) is 0. The largest absolute Gasteiger partial charge is 0.385 e. The Morgan fingerprint density at radius 1 is 1.54 bits per heavy atom. The lowest BCUT2D eigenvalue weighted by Crippen LogP contribution is -2.38. The van der Waals surface area contributed by atoms with E-state index in [1.807, 2.05) is 0 Å². The highest BCUT2D eigenvalue weighted by Gasteiger charge is 2.30. The Morgan fingerprint density at radius 2 is 2.08 bits per heavy atom. The van der Waals surface area contributed by atoms with Gasteiger partial charge in [0.1, 0.15) is 5.84 Å². The zero-order valence-corrected chi connectivity index (χ0v) is 9.33. The Kier molecular flexibility index (Phi) is 2.55. The molecule has 3 nitrogen and oxygen atoms in total. The van der Waals surface area contributed by atoms with Crippen molar-refractivity contribution in [1.29, 1.82) is 0 Å². The molecule has 0 amide bonds. The Morgan fingerprint density at radius 3 is 2.38 bits per heavy atom. The minimum Gasteiger partial charge on any atom is -0.385 e. The van der Waals surface area contributed by atoms with Gasteiger partial charge in [-0.05, 0) is 12.3 Å². The molecule has 0 aromatic heterocycles. The lowest BCUT2D eigenvalue weighted by molar-refractivity contribution is 0.123. The van der Waals surface area contributed by atoms with Crippen LogP contribution in [0.25, 0.3) is 0 Å². The second-order valence-corrected chi connectivity index (χ2v) is 5.09. The highest BCUT2D eigenvalue weighted by Crippen LogP contribution is 2.27. The van der Waals surface area contributed by atoms with E-state index in [0.29, 0.717) is 12.0 Å². The third kappa shape index (κ3) is 2.14. The van der Waals surface area contributed by atoms with Crippen LogP contribution in [0.3, 0.4) is 0 Å². The smallest absolute Gasteiger partial charge is 0.124 e. The van der Waals surface area contributed by atoms with Gasteiger partial charge in [-0.25, -0.2) is 0 Å². The van der Waals surface area contributed by atoms with Crippen LogP contribution >= 0.6 is 0 Å². The molecule has 0 saturated carbocycles. The third-order valence-electron chi connectivity index (χ3n) is 2.91. The van der Waals surface area contributed by atoms with E-state index in [1.54, 1.807) is 0 Å². The van der Waals surface area contributed by atoms with Crippen LogP contribution in [0.15, 0.2) is 5.10 Å². The molecule has 13 heavy (non-hydrogen) atoms. The van der Waals surface area contributed by atoms with E-state index in [1.165, 1.54) is 0 Å². The summed E-state index contributed by atoms with van der Waals surface area (Å²) in [6, 6.07) is 0.441. The first-order chi connectivity index (χ1) is 5.82. The molecule has 76 valence electrons. The van der Waals surface area contributed by atoms with Crippen molar-refractivity contribution in [2.45, 2.75) is 40.7 Å². The standard InChI is InChI=1S/C10H21N3/c1-7-6-13(12-9(7)11)8(2)10(3,4)5/h7-8H,6H2,1-5H3,(H2,11,12). The summed E-state index contributed by atoms with van der Waals surface area (Å²) in [6.07, 6.45) is 0. The lowest BCUT2D eigenvalue weighted by Gasteiger charge is -2.34. The van der Waals surface area contributed by atoms with Gasteiger partial charge >= 0.3 is 0 Å². The molecule has 0 bridgehead atoms. The number of rotatable bonds is 1. The first-order valence-corrected chi connectivity index (χ1v) is 4.93. The van der Waals surface area contributed by atoms with Crippen molar-refractivity contribution in [1.82, 2.24) is 5.01 Å². The fourth-order valence-corrected chi connectivity index (χ4v) is 1.35. The van der Waals surface area contributed by atoms with Crippen LogP contribution in [0.2, 0.25) is 0 Å². The van der Waals surface area contributed by atoms with Crippen LogP contribution in [-0.4, -0.2) is 23.4 Å². The van der Waals surface area contributed by atoms with E-state index >= 15 is 0 Å². The van der Waals surface area contributed by atoms with Crippen LogP contribution in [0.5, 0.6) is 0 Å². The summed E-state index contributed by atoms with van der Waals surface area (Å²) in [5.41, 5.74) is 6.02. The predicted molar refractivity (Wildman–Crippen MR) is 56.4 cm³/mol. The van der Waals surface area contributed by atoms with Crippen LogP contribution in [0.4, 0.5) is 0 Å². The molecule has 3 heteroatoms. The van der Waals surface area contributed by atoms with Crippen LogP contribution in [0, 0.1) is 11.3 Å². The lowest BCUT2D eigenvalue weighted by atomic mass is 9.87. The van der Waals surface area contributed by atoms with Crippen molar-refractivity contribution < 1.29 is 0 Å². The number of hydrogen-bond donors (Lipinski definition) is 1. The zero-order valence-electron chi connectivity index (χ0n) is 9.33. The van der Waals surface area contributed by atoms with E-state index in [9.17, 15) is 0 Å². The molecular weight excluding hydrogens is 162 g/mol. The molecule has 1 aliphatic heterocycles. The van der Waals surface area contributed by atoms with Crippen molar-refractivity contribution in [2.24, 2.45) is 22.2 Å². The molecule has 0 aliphatic carbocycles. The molecule has 0 radical (unpaired) electrons. The summed E-state index contributed by atoms with van der Waals surface area (Å²) in [4.78, 5) is 0. The molecule has 1 heterocycles. The van der Waals surface area contributed by atoms with Crippen LogP contribution in [-0.2, 0) is 0 Å². The van der Waals surface area contributed by atoms with Gasteiger partial charge in [0.15, 0.2) is 0 Å². The minimum absolute atomic E-state index is 0.258. The molecule has 2 atom stereocenters. The van der Waals surface area contributed by atoms with Crippen LogP contribution in [0.1, 0.15) is 34.6 Å². The van der Waals surface area contributed by atoms with E-state index in [-0.39, 0.29) is 5.41 Å². The van der Waals surface area contributed by atoms with Gasteiger partial charge in [0.2, 0.25) is 0 Å². The van der Waals surface area contributed by atoms with Gasteiger partial charge in [-0.1, -0.05) is 27.7 Å². The number of nitrogens with two attached hydrogens (primary N) is 1. The maximum absolute atomic E-state index is 5.76. The Hall–Kier alpha value is -0.730. The van der Waals surface area contributed by atoms with Crippen molar-refractivity contribution in [3.05, 3.63) is 0 Å². The van der Waals surface area contributed by atoms with Gasteiger partial charge in [0, 0.05) is 18.5 Å². The van der Waals surface area contributed by atoms with Gasteiger partial charge in [0.25, 0.3) is 0 Å². The molecule has 2 N–H and O–H groups in total. The highest BCUT2D eigenvalue weighted by molar-refractivity contribution is 5.83. The second kappa shape index (κ2) is 3.20. The number of amidine groups is 1. The van der Waals surface area contributed by atoms with Crippen molar-refractivity contribution in [2.75, 3.05) is 6.54 Å². The maximum Gasteiger partial charge on any atom is 0.124 e. The summed E-state index contributed by atoms with van der Waals surface area (Å²) < 4.78 is 0. The fraction of sp³-hybridized carbons (Fsp3) is 0.900. The molecule has 0 fully saturated rings. The quantitative estimate of drug-likeness (QED) is 0.671. The number of nitrogens with zero attached hydrogens (tertiary/aromatic N) is 2. The Labute approximate surface area is 81.0 Å². The normalized spacial score (nSPS) is 26.1. The number of hydrazone groups is 1. The van der Waals surface area contributed by atoms with Crippen molar-refractivity contribution >= 4 is 5.84 Å². The summed E-state index contributed by atoms with van der Waals surface area (Å²) in [5.74, 6) is 1.18. The van der Waals surface area contributed by atoms with E-state index in [4.69, 9.17) is 5.73 Å². The third-order valence-corrected chi connectivity index (χ3v) is 2.91. The predicted octanol–water partition coefficient (Wildman–Crippen LogP) is 1.64. The van der Waals surface area contributed by atoms with E-state index < -0.39 is 0 Å². The van der Waals surface area contributed by atoms with Crippen molar-refractivity contribution in [3.8, 4) is 0 Å². The Balaban J connectivity index is 2.67. The van der Waals surface area contributed by atoms with E-state index in [0.717, 1.165) is 12.4 Å². The van der Waals surface area contributed by atoms with Gasteiger partial charge in [0.05, 0.1) is 0 Å². The molecule has 2 unspecified atom stereocenters. The molecule has 1 aliphatic rings. The molecular formula is C10H21N3. The average molecular weight is 183 g/mol. The van der Waals surface area contributed by atoms with Crippen molar-refractivity contribution in [3.63, 3.8) is 0 Å². The minimum atomic E-state index is 0.258. The highest BCUT2D eigenvalue weighted by atomic mass is 15.5. The molecule has 0 aromatic rings.